The van der Waals surface area contributed by atoms with Crippen molar-refractivity contribution < 1.29 is 9.15 Å². The number of ether oxygens (including phenoxy) is 1. The molecule has 128 valence electrons. The number of hydrogen-bond donors (Lipinski definition) is 0. The molecular weight excluding hydrogens is 348 g/mol. The molecule has 2 aromatic carbocycles. The Balaban J connectivity index is 1.55. The van der Waals surface area contributed by atoms with E-state index in [-0.39, 0.29) is 0 Å². The molecule has 26 heavy (non-hydrogen) atoms. The van der Waals surface area contributed by atoms with E-state index in [1.165, 1.54) is 11.3 Å². The highest BCUT2D eigenvalue weighted by Gasteiger charge is 2.17. The standard InChI is InChI=1S/C19H14N4O2S/c1-24-14-8-4-2-7-13(14)11-17-22-23-18(20-21-19(23)26-17)16-10-12-6-3-5-9-15(12)25-16/h2-10H,11H2,1H3. The van der Waals surface area contributed by atoms with E-state index < -0.39 is 0 Å². The summed E-state index contributed by atoms with van der Waals surface area (Å²) in [5, 5.41) is 15.2. The average molecular weight is 362 g/mol. The number of rotatable bonds is 4. The van der Waals surface area contributed by atoms with E-state index >= 15 is 0 Å². The van der Waals surface area contributed by atoms with Gasteiger partial charge in [-0.1, -0.05) is 47.7 Å². The summed E-state index contributed by atoms with van der Waals surface area (Å²) < 4.78 is 13.1. The van der Waals surface area contributed by atoms with Crippen molar-refractivity contribution in [1.82, 2.24) is 19.8 Å². The van der Waals surface area contributed by atoms with Crippen LogP contribution in [0.15, 0.2) is 59.0 Å². The molecule has 0 spiro atoms. The minimum absolute atomic E-state index is 0.610. The molecule has 0 amide bonds. The van der Waals surface area contributed by atoms with E-state index in [0.717, 1.165) is 32.3 Å². The van der Waals surface area contributed by atoms with Crippen LogP contribution in [0, 0.1) is 0 Å². The predicted octanol–water partition coefficient (Wildman–Crippen LogP) is 4.20. The van der Waals surface area contributed by atoms with Crippen LogP contribution < -0.4 is 4.74 Å². The zero-order valence-electron chi connectivity index (χ0n) is 13.9. The minimum Gasteiger partial charge on any atom is -0.496 e. The van der Waals surface area contributed by atoms with Crippen molar-refractivity contribution in [2.75, 3.05) is 7.11 Å². The number of benzene rings is 2. The van der Waals surface area contributed by atoms with Gasteiger partial charge in [0.2, 0.25) is 10.8 Å². The molecule has 0 unspecified atom stereocenters. The van der Waals surface area contributed by atoms with E-state index in [4.69, 9.17) is 9.15 Å². The summed E-state index contributed by atoms with van der Waals surface area (Å²) in [6.45, 7) is 0. The van der Waals surface area contributed by atoms with Gasteiger partial charge < -0.3 is 9.15 Å². The van der Waals surface area contributed by atoms with Crippen LogP contribution >= 0.6 is 11.3 Å². The Morgan fingerprint density at radius 2 is 1.92 bits per heavy atom. The predicted molar refractivity (Wildman–Crippen MR) is 99.7 cm³/mol. The van der Waals surface area contributed by atoms with Crippen LogP contribution in [0.1, 0.15) is 10.6 Å². The van der Waals surface area contributed by atoms with Crippen LogP contribution in [-0.2, 0) is 6.42 Å². The number of hydrogen-bond acceptors (Lipinski definition) is 6. The van der Waals surface area contributed by atoms with Crippen LogP contribution in [0.2, 0.25) is 0 Å². The van der Waals surface area contributed by atoms with Gasteiger partial charge in [0.05, 0.1) is 7.11 Å². The van der Waals surface area contributed by atoms with Crippen LogP contribution in [0.25, 0.3) is 27.5 Å². The van der Waals surface area contributed by atoms with Gasteiger partial charge in [-0.05, 0) is 18.2 Å². The van der Waals surface area contributed by atoms with Crippen molar-refractivity contribution in [3.05, 3.63) is 65.2 Å². The Labute approximate surface area is 152 Å². The fourth-order valence-corrected chi connectivity index (χ4v) is 3.84. The largest absolute Gasteiger partial charge is 0.496 e. The van der Waals surface area contributed by atoms with Crippen molar-refractivity contribution in [3.8, 4) is 17.3 Å². The van der Waals surface area contributed by atoms with Crippen molar-refractivity contribution >= 4 is 27.3 Å². The summed E-state index contributed by atoms with van der Waals surface area (Å²) in [5.74, 6) is 2.13. The molecule has 7 heteroatoms. The lowest BCUT2D eigenvalue weighted by atomic mass is 10.1. The molecule has 3 aromatic heterocycles. The number of nitrogens with zero attached hydrogens (tertiary/aromatic N) is 4. The third-order valence-electron chi connectivity index (χ3n) is 4.21. The van der Waals surface area contributed by atoms with Gasteiger partial charge >= 0.3 is 0 Å². The number of aromatic nitrogens is 4. The summed E-state index contributed by atoms with van der Waals surface area (Å²) in [4.78, 5) is 0.741. The Hall–Kier alpha value is -3.19. The van der Waals surface area contributed by atoms with Gasteiger partial charge in [-0.15, -0.1) is 10.2 Å². The van der Waals surface area contributed by atoms with Gasteiger partial charge in [-0.3, -0.25) is 0 Å². The topological polar surface area (TPSA) is 65.5 Å². The maximum absolute atomic E-state index is 5.91. The molecule has 6 nitrogen and oxygen atoms in total. The van der Waals surface area contributed by atoms with Crippen LogP contribution in [0.5, 0.6) is 5.75 Å². The molecule has 3 heterocycles. The fourth-order valence-electron chi connectivity index (χ4n) is 2.99. The molecule has 5 rings (SSSR count). The van der Waals surface area contributed by atoms with E-state index in [9.17, 15) is 0 Å². The molecule has 5 aromatic rings. The SMILES string of the molecule is COc1ccccc1Cc1nn2c(-c3cc4ccccc4o3)nnc2s1. The summed E-state index contributed by atoms with van der Waals surface area (Å²) in [6, 6.07) is 17.8. The summed E-state index contributed by atoms with van der Waals surface area (Å²) in [7, 11) is 1.68. The van der Waals surface area contributed by atoms with Crippen molar-refractivity contribution in [2.24, 2.45) is 0 Å². The maximum Gasteiger partial charge on any atom is 0.235 e. The summed E-state index contributed by atoms with van der Waals surface area (Å²) in [6.07, 6.45) is 0.678. The lowest BCUT2D eigenvalue weighted by Gasteiger charge is -2.05. The quantitative estimate of drug-likeness (QED) is 0.479. The first-order valence-corrected chi connectivity index (χ1v) is 8.95. The molecule has 0 aliphatic rings. The number of fused-ring (bicyclic) bond motifs is 2. The van der Waals surface area contributed by atoms with Crippen molar-refractivity contribution in [3.63, 3.8) is 0 Å². The second-order valence-corrected chi connectivity index (χ2v) is 6.89. The second-order valence-electron chi connectivity index (χ2n) is 5.85. The lowest BCUT2D eigenvalue weighted by molar-refractivity contribution is 0.410. The molecule has 0 fully saturated rings. The normalized spacial score (nSPS) is 11.4. The summed E-state index contributed by atoms with van der Waals surface area (Å²) in [5.41, 5.74) is 1.91. The van der Waals surface area contributed by atoms with Gasteiger partial charge in [-0.2, -0.15) is 9.61 Å². The molecule has 0 bridgehead atoms. The Bertz CT molecular complexity index is 1190. The molecule has 0 aliphatic carbocycles. The first kappa shape index (κ1) is 15.1. The fraction of sp³-hybridized carbons (Fsp3) is 0.105. The number of furan rings is 1. The molecule has 0 N–H and O–H groups in total. The monoisotopic (exact) mass is 362 g/mol. The van der Waals surface area contributed by atoms with E-state index in [1.807, 2.05) is 54.6 Å². The van der Waals surface area contributed by atoms with E-state index in [1.54, 1.807) is 11.6 Å². The maximum atomic E-state index is 5.91. The molecular formula is C19H14N4O2S. The Kier molecular flexibility index (Phi) is 3.46. The Morgan fingerprint density at radius 1 is 1.08 bits per heavy atom. The van der Waals surface area contributed by atoms with Gasteiger partial charge in [0.15, 0.2) is 5.76 Å². The molecule has 0 saturated heterocycles. The second kappa shape index (κ2) is 5.96. The molecule has 0 aliphatic heterocycles. The molecule has 0 radical (unpaired) electrons. The van der Waals surface area contributed by atoms with E-state index in [2.05, 4.69) is 15.3 Å². The van der Waals surface area contributed by atoms with Crippen molar-refractivity contribution in [1.29, 1.82) is 0 Å². The van der Waals surface area contributed by atoms with Gasteiger partial charge in [0.25, 0.3) is 0 Å². The smallest absolute Gasteiger partial charge is 0.235 e. The highest BCUT2D eigenvalue weighted by molar-refractivity contribution is 7.16. The van der Waals surface area contributed by atoms with Crippen LogP contribution in [0.4, 0.5) is 0 Å². The number of methoxy groups -OCH3 is 1. The zero-order valence-corrected chi connectivity index (χ0v) is 14.7. The van der Waals surface area contributed by atoms with Gasteiger partial charge in [0.1, 0.15) is 16.3 Å². The van der Waals surface area contributed by atoms with Gasteiger partial charge in [0, 0.05) is 17.4 Å². The first-order chi connectivity index (χ1) is 12.8. The molecule has 0 saturated carbocycles. The average Bonchev–Trinajstić information content (AvgIpc) is 3.35. The van der Waals surface area contributed by atoms with Crippen molar-refractivity contribution in [2.45, 2.75) is 6.42 Å². The van der Waals surface area contributed by atoms with Gasteiger partial charge in [-0.25, -0.2) is 0 Å². The zero-order chi connectivity index (χ0) is 17.5. The van der Waals surface area contributed by atoms with E-state index in [0.29, 0.717) is 18.0 Å². The first-order valence-electron chi connectivity index (χ1n) is 8.14. The summed E-state index contributed by atoms with van der Waals surface area (Å²) >= 11 is 1.51. The molecule has 0 atom stereocenters. The van der Waals surface area contributed by atoms with Crippen LogP contribution in [-0.4, -0.2) is 26.9 Å². The Morgan fingerprint density at radius 3 is 2.81 bits per heavy atom. The highest BCUT2D eigenvalue weighted by Crippen LogP contribution is 2.29. The number of para-hydroxylation sites is 2. The third-order valence-corrected chi connectivity index (χ3v) is 5.11. The minimum atomic E-state index is 0.610. The van der Waals surface area contributed by atoms with Crippen LogP contribution in [0.3, 0.4) is 0 Å². The lowest BCUT2D eigenvalue weighted by Crippen LogP contribution is -1.95. The highest BCUT2D eigenvalue weighted by atomic mass is 32.1. The third kappa shape index (κ3) is 2.44.